The maximum atomic E-state index is 13.4. The summed E-state index contributed by atoms with van der Waals surface area (Å²) in [6.45, 7) is 2.31. The fourth-order valence-electron chi connectivity index (χ4n) is 3.24. The molecule has 2 aromatic carbocycles. The number of aromatic amines is 1. The van der Waals surface area contributed by atoms with Gasteiger partial charge in [0.05, 0.1) is 28.5 Å². The highest BCUT2D eigenvalue weighted by Crippen LogP contribution is 2.24. The van der Waals surface area contributed by atoms with E-state index in [1.54, 1.807) is 41.1 Å². The van der Waals surface area contributed by atoms with Crippen LogP contribution in [0.25, 0.3) is 22.5 Å². The molecule has 0 fully saturated rings. The number of amides is 1. The quantitative estimate of drug-likeness (QED) is 0.456. The average molecular weight is 449 g/mol. The van der Waals surface area contributed by atoms with Crippen LogP contribution in [0.2, 0.25) is 5.02 Å². The number of nitrogens with zero attached hydrogens (tertiary/aromatic N) is 4. The zero-order valence-corrected chi connectivity index (χ0v) is 17.8. The fourth-order valence-corrected chi connectivity index (χ4v) is 3.47. The molecule has 4 rings (SSSR count). The molecule has 0 aliphatic carbocycles. The summed E-state index contributed by atoms with van der Waals surface area (Å²) in [5, 5.41) is 23.6. The molecule has 4 aromatic rings. The Morgan fingerprint density at radius 2 is 2.03 bits per heavy atom. The Labute approximate surface area is 188 Å². The van der Waals surface area contributed by atoms with Gasteiger partial charge in [0.1, 0.15) is 17.6 Å². The predicted molar refractivity (Wildman–Crippen MR) is 118 cm³/mol. The molecule has 32 heavy (non-hydrogen) atoms. The zero-order valence-electron chi connectivity index (χ0n) is 17.0. The van der Waals surface area contributed by atoms with Crippen LogP contribution < -0.4 is 5.32 Å². The van der Waals surface area contributed by atoms with Gasteiger partial charge >= 0.3 is 0 Å². The van der Waals surface area contributed by atoms with Gasteiger partial charge in [-0.2, -0.15) is 15.5 Å². The molecular weight excluding hydrogens is 431 g/mol. The molecule has 0 aliphatic rings. The number of halogens is 2. The van der Waals surface area contributed by atoms with Crippen LogP contribution in [-0.2, 0) is 6.54 Å². The summed E-state index contributed by atoms with van der Waals surface area (Å²) in [6, 6.07) is 16.4. The van der Waals surface area contributed by atoms with E-state index in [-0.39, 0.29) is 23.5 Å². The van der Waals surface area contributed by atoms with Crippen molar-refractivity contribution in [3.8, 4) is 28.6 Å². The lowest BCUT2D eigenvalue weighted by molar-refractivity contribution is 0.0931. The van der Waals surface area contributed by atoms with Crippen molar-refractivity contribution in [2.75, 3.05) is 0 Å². The van der Waals surface area contributed by atoms with E-state index in [4.69, 9.17) is 16.9 Å². The van der Waals surface area contributed by atoms with Crippen molar-refractivity contribution in [3.63, 3.8) is 0 Å². The zero-order chi connectivity index (χ0) is 22.7. The summed E-state index contributed by atoms with van der Waals surface area (Å²) in [4.78, 5) is 12.6. The van der Waals surface area contributed by atoms with Crippen LogP contribution in [0.5, 0.6) is 0 Å². The highest BCUT2D eigenvalue weighted by Gasteiger charge is 2.15. The van der Waals surface area contributed by atoms with Gasteiger partial charge in [0.2, 0.25) is 0 Å². The van der Waals surface area contributed by atoms with Gasteiger partial charge in [-0.1, -0.05) is 29.8 Å². The van der Waals surface area contributed by atoms with Gasteiger partial charge in [-0.3, -0.25) is 14.6 Å². The molecule has 0 saturated heterocycles. The Balaban J connectivity index is 1.39. The minimum absolute atomic E-state index is 0.222. The van der Waals surface area contributed by atoms with Crippen LogP contribution in [0, 0.1) is 17.1 Å². The van der Waals surface area contributed by atoms with E-state index in [0.29, 0.717) is 34.1 Å². The number of hydrogen-bond donors (Lipinski definition) is 2. The monoisotopic (exact) mass is 448 g/mol. The first kappa shape index (κ1) is 21.3. The summed E-state index contributed by atoms with van der Waals surface area (Å²) in [7, 11) is 0. The van der Waals surface area contributed by atoms with E-state index in [1.165, 1.54) is 12.1 Å². The normalized spacial score (nSPS) is 11.7. The first-order chi connectivity index (χ1) is 15.4. The van der Waals surface area contributed by atoms with Crippen molar-refractivity contribution >= 4 is 17.5 Å². The number of aromatic nitrogens is 4. The van der Waals surface area contributed by atoms with Crippen molar-refractivity contribution in [1.29, 1.82) is 5.26 Å². The number of hydrogen-bond acceptors (Lipinski definition) is 4. The van der Waals surface area contributed by atoms with Crippen LogP contribution >= 0.6 is 11.6 Å². The smallest absolute Gasteiger partial charge is 0.269 e. The second-order valence-electron chi connectivity index (χ2n) is 7.28. The Bertz CT molecular complexity index is 1320. The molecule has 2 aromatic heterocycles. The number of nitriles is 1. The van der Waals surface area contributed by atoms with Crippen molar-refractivity contribution in [3.05, 3.63) is 82.9 Å². The van der Waals surface area contributed by atoms with Crippen LogP contribution in [-0.4, -0.2) is 31.9 Å². The van der Waals surface area contributed by atoms with E-state index in [0.717, 1.165) is 5.56 Å². The third-order valence-electron chi connectivity index (χ3n) is 4.81. The Morgan fingerprint density at radius 3 is 2.78 bits per heavy atom. The number of nitrogens with one attached hydrogen (secondary N) is 2. The summed E-state index contributed by atoms with van der Waals surface area (Å²) >= 11 is 6.10. The summed E-state index contributed by atoms with van der Waals surface area (Å²) in [5.41, 5.74) is 3.27. The topological polar surface area (TPSA) is 99.4 Å². The van der Waals surface area contributed by atoms with Crippen LogP contribution in [0.1, 0.15) is 23.0 Å². The van der Waals surface area contributed by atoms with Crippen molar-refractivity contribution in [2.24, 2.45) is 0 Å². The average Bonchev–Trinajstić information content (AvgIpc) is 3.44. The Kier molecular flexibility index (Phi) is 6.01. The first-order valence-corrected chi connectivity index (χ1v) is 10.2. The summed E-state index contributed by atoms with van der Waals surface area (Å²) in [5.74, 6) is -0.689. The molecular formula is C23H18ClFN6O. The number of carbonyl (C=O) groups is 1. The molecule has 0 unspecified atom stereocenters. The first-order valence-electron chi connectivity index (χ1n) is 9.78. The van der Waals surface area contributed by atoms with Gasteiger partial charge in [-0.05, 0) is 43.3 Å². The van der Waals surface area contributed by atoms with Gasteiger partial charge in [-0.25, -0.2) is 4.39 Å². The molecule has 7 nitrogen and oxygen atoms in total. The summed E-state index contributed by atoms with van der Waals surface area (Å²) in [6.07, 6.45) is 1.81. The summed E-state index contributed by atoms with van der Waals surface area (Å²) < 4.78 is 15.1. The lowest BCUT2D eigenvalue weighted by Crippen LogP contribution is -2.36. The van der Waals surface area contributed by atoms with Crippen molar-refractivity contribution < 1.29 is 9.18 Å². The van der Waals surface area contributed by atoms with E-state index in [9.17, 15) is 9.18 Å². The van der Waals surface area contributed by atoms with Gasteiger partial charge in [0.15, 0.2) is 0 Å². The standard InChI is InChI=1S/C23H18ClFN6O/c1-14(13-31-8-7-20(30-31)16-5-6-17(12-26)19(24)10-16)27-23(32)22-11-21(28-29-22)15-3-2-4-18(25)9-15/h2-11,14H,13H2,1H3,(H,27,32)(H,28,29)/t14-/m0/s1. The second-order valence-corrected chi connectivity index (χ2v) is 7.69. The minimum atomic E-state index is -0.369. The van der Waals surface area contributed by atoms with E-state index >= 15 is 0 Å². The lowest BCUT2D eigenvalue weighted by Gasteiger charge is -2.13. The van der Waals surface area contributed by atoms with Crippen molar-refractivity contribution in [1.82, 2.24) is 25.3 Å². The number of rotatable bonds is 6. The molecule has 0 aliphatic heterocycles. The van der Waals surface area contributed by atoms with Gasteiger partial charge in [-0.15, -0.1) is 0 Å². The predicted octanol–water partition coefficient (Wildman–Crippen LogP) is 4.42. The molecule has 0 radical (unpaired) electrons. The highest BCUT2D eigenvalue weighted by molar-refractivity contribution is 6.32. The van der Waals surface area contributed by atoms with Crippen LogP contribution in [0.4, 0.5) is 4.39 Å². The third-order valence-corrected chi connectivity index (χ3v) is 5.12. The Morgan fingerprint density at radius 1 is 1.22 bits per heavy atom. The molecule has 1 amide bonds. The molecule has 9 heteroatoms. The van der Waals surface area contributed by atoms with Crippen LogP contribution in [0.3, 0.4) is 0 Å². The largest absolute Gasteiger partial charge is 0.346 e. The fraction of sp³-hybridized carbons (Fsp3) is 0.130. The molecule has 2 heterocycles. The van der Waals surface area contributed by atoms with E-state index < -0.39 is 0 Å². The number of benzene rings is 2. The molecule has 160 valence electrons. The van der Waals surface area contributed by atoms with E-state index in [1.807, 2.05) is 25.3 Å². The van der Waals surface area contributed by atoms with Gasteiger partial charge in [0, 0.05) is 23.4 Å². The van der Waals surface area contributed by atoms with Crippen molar-refractivity contribution in [2.45, 2.75) is 19.5 Å². The van der Waals surface area contributed by atoms with Crippen LogP contribution in [0.15, 0.2) is 60.8 Å². The minimum Gasteiger partial charge on any atom is -0.346 e. The second kappa shape index (κ2) is 9.04. The molecule has 0 saturated carbocycles. The third kappa shape index (κ3) is 4.68. The molecule has 1 atom stereocenters. The maximum Gasteiger partial charge on any atom is 0.269 e. The molecule has 2 N–H and O–H groups in total. The maximum absolute atomic E-state index is 13.4. The van der Waals surface area contributed by atoms with E-state index in [2.05, 4.69) is 20.6 Å². The molecule has 0 bridgehead atoms. The highest BCUT2D eigenvalue weighted by atomic mass is 35.5. The van der Waals surface area contributed by atoms with Gasteiger partial charge < -0.3 is 5.32 Å². The van der Waals surface area contributed by atoms with Gasteiger partial charge in [0.25, 0.3) is 5.91 Å². The lowest BCUT2D eigenvalue weighted by atomic mass is 10.1. The number of carbonyl (C=O) groups excluding carboxylic acids is 1. The molecule has 0 spiro atoms. The SMILES string of the molecule is C[C@@H](Cn1ccc(-c2ccc(C#N)c(Cl)c2)n1)NC(=O)c1cc(-c2cccc(F)c2)n[nH]1. The number of H-pyrrole nitrogens is 1. The Hall–Kier alpha value is -3.96.